The summed E-state index contributed by atoms with van der Waals surface area (Å²) in [6, 6.07) is 0. The normalized spacial score (nSPS) is 14.7. The zero-order valence-electron chi connectivity index (χ0n) is 15.0. The molecule has 0 rings (SSSR count). The minimum atomic E-state index is -4.20. The van der Waals surface area contributed by atoms with Gasteiger partial charge < -0.3 is 0 Å². The summed E-state index contributed by atoms with van der Waals surface area (Å²) in [7, 11) is -8.38. The fraction of sp³-hybridized carbons (Fsp3) is 1.00. The first-order valence-electron chi connectivity index (χ1n) is 9.05. The van der Waals surface area contributed by atoms with Crippen LogP contribution in [0, 0.1) is 0 Å². The Labute approximate surface area is 176 Å². The van der Waals surface area contributed by atoms with Crippen LogP contribution in [0.1, 0.15) is 90.9 Å². The number of hydrogen-bond donors (Lipinski definition) is 2. The van der Waals surface area contributed by atoms with Gasteiger partial charge in [0.1, 0.15) is 0 Å². The summed E-state index contributed by atoms with van der Waals surface area (Å²) in [5.74, 6) is 0. The van der Waals surface area contributed by atoms with Gasteiger partial charge in [0.2, 0.25) is 0 Å². The Bertz CT molecular complexity index is 519. The van der Waals surface area contributed by atoms with E-state index < -0.39 is 30.7 Å². The fourth-order valence-corrected chi connectivity index (χ4v) is 4.77. The van der Waals surface area contributed by atoms with E-state index in [0.29, 0.717) is 19.3 Å². The standard InChI is InChI=1S/C16H34O6S2.Na.H/c1-3-5-6-7-8-9-10-12-16(24(20,21)22)14-13-15(11-4-2)23(17,18)19;;/h15-16H,3-14H2,1-2H3,(H,17,18,19)(H,20,21,22);;. The molecule has 0 saturated heterocycles. The maximum atomic E-state index is 11.5. The van der Waals surface area contributed by atoms with Gasteiger partial charge >= 0.3 is 29.6 Å². The minimum absolute atomic E-state index is 0. The van der Waals surface area contributed by atoms with E-state index in [0.717, 1.165) is 19.3 Å². The van der Waals surface area contributed by atoms with Gasteiger partial charge in [-0.3, -0.25) is 9.11 Å². The molecule has 6 nitrogen and oxygen atoms in total. The first-order chi connectivity index (χ1) is 11.1. The SMILES string of the molecule is CCCCCCCCCC(CCC(CCC)S(=O)(=O)O)S(=O)(=O)O.[NaH]. The van der Waals surface area contributed by atoms with Crippen LogP contribution in [0.4, 0.5) is 0 Å². The molecule has 0 amide bonds. The van der Waals surface area contributed by atoms with Gasteiger partial charge in [-0.05, 0) is 25.7 Å². The average molecular weight is 411 g/mol. The van der Waals surface area contributed by atoms with Crippen LogP contribution in [-0.2, 0) is 20.2 Å². The van der Waals surface area contributed by atoms with Crippen LogP contribution in [0.25, 0.3) is 0 Å². The summed E-state index contributed by atoms with van der Waals surface area (Å²) in [5.41, 5.74) is 0. The van der Waals surface area contributed by atoms with Gasteiger partial charge in [0, 0.05) is 0 Å². The van der Waals surface area contributed by atoms with Crippen molar-refractivity contribution in [2.75, 3.05) is 0 Å². The van der Waals surface area contributed by atoms with Gasteiger partial charge in [-0.15, -0.1) is 0 Å². The van der Waals surface area contributed by atoms with Crippen molar-refractivity contribution in [3.8, 4) is 0 Å². The molecule has 0 aliphatic carbocycles. The number of hydrogen-bond acceptors (Lipinski definition) is 4. The summed E-state index contributed by atoms with van der Waals surface area (Å²) >= 11 is 0. The van der Waals surface area contributed by atoms with Gasteiger partial charge in [-0.1, -0.05) is 65.2 Å². The van der Waals surface area contributed by atoms with Crippen LogP contribution < -0.4 is 0 Å². The first kappa shape index (κ1) is 28.0. The van der Waals surface area contributed by atoms with Crippen molar-refractivity contribution in [2.45, 2.75) is 101 Å². The Kier molecular flexibility index (Phi) is 16.6. The molecule has 0 spiro atoms. The number of unbranched alkanes of at least 4 members (excludes halogenated alkanes) is 6. The van der Waals surface area contributed by atoms with Gasteiger partial charge in [0.15, 0.2) is 0 Å². The van der Waals surface area contributed by atoms with Crippen LogP contribution >= 0.6 is 0 Å². The second kappa shape index (κ2) is 14.8. The van der Waals surface area contributed by atoms with Crippen molar-refractivity contribution in [2.24, 2.45) is 0 Å². The summed E-state index contributed by atoms with van der Waals surface area (Å²) in [5, 5.41) is -1.91. The Morgan fingerprint density at radius 3 is 1.40 bits per heavy atom. The van der Waals surface area contributed by atoms with Crippen molar-refractivity contribution in [1.29, 1.82) is 0 Å². The molecule has 0 radical (unpaired) electrons. The maximum absolute atomic E-state index is 11.5. The first-order valence-corrected chi connectivity index (χ1v) is 12.1. The van der Waals surface area contributed by atoms with E-state index in [-0.39, 0.29) is 48.8 Å². The summed E-state index contributed by atoms with van der Waals surface area (Å²) in [6.07, 6.45) is 8.66. The van der Waals surface area contributed by atoms with Crippen LogP contribution in [0.15, 0.2) is 0 Å². The van der Waals surface area contributed by atoms with E-state index >= 15 is 0 Å². The van der Waals surface area contributed by atoms with Crippen molar-refractivity contribution >= 4 is 49.8 Å². The molecule has 9 heteroatoms. The summed E-state index contributed by atoms with van der Waals surface area (Å²) in [4.78, 5) is 0. The molecular weight excluding hydrogens is 375 g/mol. The molecule has 0 aliphatic rings. The van der Waals surface area contributed by atoms with E-state index in [4.69, 9.17) is 0 Å². The molecule has 0 aromatic rings. The molecule has 2 unspecified atom stereocenters. The van der Waals surface area contributed by atoms with Crippen molar-refractivity contribution in [3.05, 3.63) is 0 Å². The van der Waals surface area contributed by atoms with E-state index in [1.807, 2.05) is 0 Å². The van der Waals surface area contributed by atoms with E-state index in [9.17, 15) is 25.9 Å². The zero-order valence-corrected chi connectivity index (χ0v) is 16.6. The monoisotopic (exact) mass is 410 g/mol. The third-order valence-corrected chi connectivity index (χ3v) is 7.02. The van der Waals surface area contributed by atoms with Gasteiger partial charge in [0.05, 0.1) is 10.5 Å². The van der Waals surface area contributed by atoms with E-state index in [1.54, 1.807) is 6.92 Å². The molecule has 0 saturated carbocycles. The third kappa shape index (κ3) is 14.5. The van der Waals surface area contributed by atoms with Crippen molar-refractivity contribution in [3.63, 3.8) is 0 Å². The van der Waals surface area contributed by atoms with Gasteiger partial charge in [-0.25, -0.2) is 0 Å². The molecule has 0 aromatic heterocycles. The number of rotatable bonds is 15. The van der Waals surface area contributed by atoms with E-state index in [2.05, 4.69) is 6.92 Å². The van der Waals surface area contributed by atoms with Crippen molar-refractivity contribution < 1.29 is 25.9 Å². The summed E-state index contributed by atoms with van der Waals surface area (Å²) in [6.45, 7) is 3.95. The molecular formula is C16H35NaO6S2. The fourth-order valence-electron chi connectivity index (χ4n) is 2.91. The Balaban J connectivity index is 0. The second-order valence-electron chi connectivity index (χ2n) is 6.55. The predicted octanol–water partition coefficient (Wildman–Crippen LogP) is 3.57. The zero-order chi connectivity index (χ0) is 18.6. The average Bonchev–Trinajstić information content (AvgIpc) is 2.45. The molecule has 0 aromatic carbocycles. The summed E-state index contributed by atoms with van der Waals surface area (Å²) < 4.78 is 64.2. The molecule has 148 valence electrons. The van der Waals surface area contributed by atoms with Gasteiger partial charge in [-0.2, -0.15) is 16.8 Å². The van der Waals surface area contributed by atoms with Gasteiger partial charge in [0.25, 0.3) is 20.2 Å². The second-order valence-corrected chi connectivity index (χ2v) is 9.94. The molecule has 0 heterocycles. The predicted molar refractivity (Wildman–Crippen MR) is 105 cm³/mol. The topological polar surface area (TPSA) is 109 Å². The van der Waals surface area contributed by atoms with Crippen LogP contribution in [0.2, 0.25) is 0 Å². The van der Waals surface area contributed by atoms with E-state index in [1.165, 1.54) is 19.3 Å². The molecule has 2 N–H and O–H groups in total. The molecule has 0 aliphatic heterocycles. The Hall–Kier alpha value is 0.820. The molecule has 0 bridgehead atoms. The van der Waals surface area contributed by atoms with Crippen molar-refractivity contribution in [1.82, 2.24) is 0 Å². The van der Waals surface area contributed by atoms with Crippen LogP contribution in [-0.4, -0.2) is 66.0 Å². The van der Waals surface area contributed by atoms with Crippen LogP contribution in [0.3, 0.4) is 0 Å². The van der Waals surface area contributed by atoms with Crippen LogP contribution in [0.5, 0.6) is 0 Å². The molecule has 2 atom stereocenters. The molecule has 0 fully saturated rings. The Morgan fingerprint density at radius 1 is 0.600 bits per heavy atom. The quantitative estimate of drug-likeness (QED) is 0.243. The third-order valence-electron chi connectivity index (χ3n) is 4.39. The Morgan fingerprint density at radius 2 is 1.00 bits per heavy atom. The molecule has 25 heavy (non-hydrogen) atoms.